The first kappa shape index (κ1) is 25.2. The molecule has 0 radical (unpaired) electrons. The summed E-state index contributed by atoms with van der Waals surface area (Å²) in [6.07, 6.45) is 4.96. The van der Waals surface area contributed by atoms with Crippen molar-refractivity contribution in [3.63, 3.8) is 0 Å². The number of fused-ring (bicyclic) bond motifs is 1. The van der Waals surface area contributed by atoms with Crippen molar-refractivity contribution < 1.29 is 19.2 Å². The average molecular weight is 484 g/mol. The second-order valence-corrected chi connectivity index (χ2v) is 10.3. The fourth-order valence-electron chi connectivity index (χ4n) is 5.65. The van der Waals surface area contributed by atoms with Gasteiger partial charge in [-0.15, -0.1) is 0 Å². The van der Waals surface area contributed by atoms with Crippen molar-refractivity contribution in [2.75, 3.05) is 25.0 Å². The third-order valence-electron chi connectivity index (χ3n) is 7.92. The van der Waals surface area contributed by atoms with Crippen LogP contribution in [-0.2, 0) is 19.2 Å². The number of piperidine rings is 1. The monoisotopic (exact) mass is 483 g/mol. The number of hydrogen-bond donors (Lipinski definition) is 3. The molecule has 4 rings (SSSR count). The van der Waals surface area contributed by atoms with Crippen LogP contribution < -0.4 is 16.4 Å². The fraction of sp³-hybridized carbons (Fsp3) is 0.615. The summed E-state index contributed by atoms with van der Waals surface area (Å²) in [5, 5.41) is 6.04. The second kappa shape index (κ2) is 10.8. The number of amides is 4. The lowest BCUT2D eigenvalue weighted by atomic mass is 9.85. The first-order valence-electron chi connectivity index (χ1n) is 12.7. The Morgan fingerprint density at radius 2 is 1.77 bits per heavy atom. The summed E-state index contributed by atoms with van der Waals surface area (Å²) in [4.78, 5) is 54.5. The van der Waals surface area contributed by atoms with Gasteiger partial charge in [0.1, 0.15) is 0 Å². The number of primary amides is 1. The molecule has 1 saturated carbocycles. The standard InChI is InChI=1S/C26H37N5O4/c1-16-7-8-19(13-17(16)2)28-23(32)14-22-26(35)29-20-5-3-4-6-21(20)31(22)15-24(33)30-11-9-18(10-12-30)25(27)34/h7-8,13,18,20-22H,3-6,9-12,14-15H2,1-2H3,(H2,27,34)(H,28,32)(H,29,35)/t20-,21-,22+/m0/s1. The molecule has 190 valence electrons. The van der Waals surface area contributed by atoms with Crippen LogP contribution >= 0.6 is 0 Å². The third kappa shape index (κ3) is 5.83. The number of carbonyl (C=O) groups is 4. The van der Waals surface area contributed by atoms with Gasteiger partial charge < -0.3 is 21.3 Å². The Kier molecular flexibility index (Phi) is 7.74. The summed E-state index contributed by atoms with van der Waals surface area (Å²) in [6, 6.07) is 5.07. The van der Waals surface area contributed by atoms with Gasteiger partial charge in [0.15, 0.2) is 0 Å². The molecule has 2 aliphatic heterocycles. The van der Waals surface area contributed by atoms with Crippen LogP contribution in [0, 0.1) is 19.8 Å². The van der Waals surface area contributed by atoms with Gasteiger partial charge in [-0.2, -0.15) is 0 Å². The number of benzene rings is 1. The van der Waals surface area contributed by atoms with Crippen molar-refractivity contribution in [2.45, 2.75) is 76.9 Å². The minimum absolute atomic E-state index is 0.00343. The molecule has 0 aromatic heterocycles. The van der Waals surface area contributed by atoms with Gasteiger partial charge in [-0.1, -0.05) is 18.9 Å². The molecule has 4 N–H and O–H groups in total. The lowest BCUT2D eigenvalue weighted by Gasteiger charge is -2.48. The molecule has 0 unspecified atom stereocenters. The lowest BCUT2D eigenvalue weighted by Crippen LogP contribution is -2.68. The number of aryl methyl sites for hydroxylation is 2. The summed E-state index contributed by atoms with van der Waals surface area (Å²) < 4.78 is 0. The highest BCUT2D eigenvalue weighted by Gasteiger charge is 2.44. The number of hydrogen-bond acceptors (Lipinski definition) is 5. The maximum atomic E-state index is 13.3. The largest absolute Gasteiger partial charge is 0.369 e. The van der Waals surface area contributed by atoms with E-state index in [1.165, 1.54) is 0 Å². The molecule has 2 heterocycles. The van der Waals surface area contributed by atoms with Crippen LogP contribution in [0.15, 0.2) is 18.2 Å². The zero-order valence-electron chi connectivity index (χ0n) is 20.7. The Morgan fingerprint density at radius 3 is 2.46 bits per heavy atom. The zero-order valence-corrected chi connectivity index (χ0v) is 20.7. The molecule has 0 spiro atoms. The Morgan fingerprint density at radius 1 is 1.06 bits per heavy atom. The third-order valence-corrected chi connectivity index (χ3v) is 7.92. The Balaban J connectivity index is 1.46. The maximum absolute atomic E-state index is 13.3. The van der Waals surface area contributed by atoms with Crippen molar-refractivity contribution in [2.24, 2.45) is 11.7 Å². The molecule has 3 atom stereocenters. The highest BCUT2D eigenvalue weighted by Crippen LogP contribution is 2.30. The number of nitrogens with zero attached hydrogens (tertiary/aromatic N) is 2. The van der Waals surface area contributed by atoms with Crippen molar-refractivity contribution in [1.29, 1.82) is 0 Å². The van der Waals surface area contributed by atoms with Crippen molar-refractivity contribution in [1.82, 2.24) is 15.1 Å². The second-order valence-electron chi connectivity index (χ2n) is 10.3. The molecule has 1 aromatic carbocycles. The fourth-order valence-corrected chi connectivity index (χ4v) is 5.65. The van der Waals surface area contributed by atoms with Crippen LogP contribution in [0.3, 0.4) is 0 Å². The van der Waals surface area contributed by atoms with E-state index in [1.807, 2.05) is 36.9 Å². The van der Waals surface area contributed by atoms with Gasteiger partial charge in [0.05, 0.1) is 19.0 Å². The number of carbonyl (C=O) groups excluding carboxylic acids is 4. The van der Waals surface area contributed by atoms with Crippen LogP contribution in [0.25, 0.3) is 0 Å². The summed E-state index contributed by atoms with van der Waals surface area (Å²) in [5.74, 6) is -1.01. The number of anilines is 1. The molecule has 1 aromatic rings. The smallest absolute Gasteiger partial charge is 0.238 e. The van der Waals surface area contributed by atoms with Gasteiger partial charge in [-0.05, 0) is 62.8 Å². The molecule has 3 fully saturated rings. The molecular weight excluding hydrogens is 446 g/mol. The SMILES string of the molecule is Cc1ccc(NC(=O)C[C@@H]2C(=O)N[C@H]3CCCC[C@@H]3N2CC(=O)N2CCC(C(N)=O)CC2)cc1C. The topological polar surface area (TPSA) is 125 Å². The summed E-state index contributed by atoms with van der Waals surface area (Å²) in [6.45, 7) is 5.07. The van der Waals surface area contributed by atoms with E-state index < -0.39 is 6.04 Å². The molecule has 0 bridgehead atoms. The highest BCUT2D eigenvalue weighted by atomic mass is 16.2. The molecule has 2 saturated heterocycles. The van der Waals surface area contributed by atoms with E-state index in [-0.39, 0.29) is 54.6 Å². The molecule has 9 heteroatoms. The van der Waals surface area contributed by atoms with Crippen molar-refractivity contribution in [3.8, 4) is 0 Å². The number of nitrogens with two attached hydrogens (primary N) is 1. The van der Waals surface area contributed by atoms with Gasteiger partial charge in [-0.3, -0.25) is 24.1 Å². The minimum atomic E-state index is -0.701. The van der Waals surface area contributed by atoms with Crippen LogP contribution in [0.5, 0.6) is 0 Å². The van der Waals surface area contributed by atoms with Crippen molar-refractivity contribution in [3.05, 3.63) is 29.3 Å². The van der Waals surface area contributed by atoms with E-state index in [2.05, 4.69) is 10.6 Å². The Hall–Kier alpha value is -2.94. The maximum Gasteiger partial charge on any atom is 0.238 e. The van der Waals surface area contributed by atoms with E-state index in [1.54, 1.807) is 4.90 Å². The normalized spacial score (nSPS) is 25.5. The lowest BCUT2D eigenvalue weighted by molar-refractivity contribution is -0.145. The molecular formula is C26H37N5O4. The van der Waals surface area contributed by atoms with E-state index >= 15 is 0 Å². The Labute approximate surface area is 206 Å². The minimum Gasteiger partial charge on any atom is -0.369 e. The van der Waals surface area contributed by atoms with Gasteiger partial charge in [0, 0.05) is 36.8 Å². The van der Waals surface area contributed by atoms with E-state index in [4.69, 9.17) is 5.73 Å². The first-order chi connectivity index (χ1) is 16.7. The highest BCUT2D eigenvalue weighted by molar-refractivity contribution is 5.96. The molecule has 9 nitrogen and oxygen atoms in total. The number of nitrogens with one attached hydrogen (secondary N) is 2. The molecule has 35 heavy (non-hydrogen) atoms. The van der Waals surface area contributed by atoms with E-state index in [9.17, 15) is 19.2 Å². The van der Waals surface area contributed by atoms with Crippen LogP contribution in [0.1, 0.15) is 56.1 Å². The quantitative estimate of drug-likeness (QED) is 0.565. The zero-order chi connectivity index (χ0) is 25.1. The summed E-state index contributed by atoms with van der Waals surface area (Å²) in [7, 11) is 0. The van der Waals surface area contributed by atoms with Crippen molar-refractivity contribution >= 4 is 29.3 Å². The first-order valence-corrected chi connectivity index (χ1v) is 12.7. The Bertz CT molecular complexity index is 988. The van der Waals surface area contributed by atoms with Gasteiger partial charge in [0.25, 0.3) is 0 Å². The van der Waals surface area contributed by atoms with E-state index in [0.29, 0.717) is 31.6 Å². The molecule has 1 aliphatic carbocycles. The molecule has 4 amide bonds. The number of piperazine rings is 1. The number of rotatable bonds is 6. The average Bonchev–Trinajstić information content (AvgIpc) is 2.83. The molecule has 3 aliphatic rings. The summed E-state index contributed by atoms with van der Waals surface area (Å²) >= 11 is 0. The number of likely N-dealkylation sites (tertiary alicyclic amines) is 1. The predicted octanol–water partition coefficient (Wildman–Crippen LogP) is 1.47. The predicted molar refractivity (Wildman–Crippen MR) is 132 cm³/mol. The van der Waals surface area contributed by atoms with Crippen LogP contribution in [0.2, 0.25) is 0 Å². The van der Waals surface area contributed by atoms with Crippen LogP contribution in [-0.4, -0.2) is 71.2 Å². The summed E-state index contributed by atoms with van der Waals surface area (Å²) in [5.41, 5.74) is 8.35. The van der Waals surface area contributed by atoms with E-state index in [0.717, 1.165) is 36.8 Å². The van der Waals surface area contributed by atoms with Gasteiger partial charge in [-0.25, -0.2) is 0 Å². The van der Waals surface area contributed by atoms with Crippen LogP contribution in [0.4, 0.5) is 5.69 Å². The van der Waals surface area contributed by atoms with Gasteiger partial charge in [0.2, 0.25) is 23.6 Å². The van der Waals surface area contributed by atoms with Gasteiger partial charge >= 0.3 is 0 Å².